The Hall–Kier alpha value is -3.48. The summed E-state index contributed by atoms with van der Waals surface area (Å²) in [5, 5.41) is 5.29. The molecule has 0 saturated carbocycles. The lowest BCUT2D eigenvalue weighted by Gasteiger charge is -2.20. The fraction of sp³-hybridized carbons (Fsp3) is 0.0800. The largest absolute Gasteiger partial charge is 0.360 e. The van der Waals surface area contributed by atoms with Crippen LogP contribution in [0.2, 0.25) is 5.02 Å². The highest BCUT2D eigenvalue weighted by molar-refractivity contribution is 7.22. The van der Waals surface area contributed by atoms with Crippen LogP contribution < -0.4 is 4.90 Å². The number of aryl methyl sites for hydroxylation is 1. The molecule has 0 saturated heterocycles. The maximum atomic E-state index is 14.0. The van der Waals surface area contributed by atoms with Gasteiger partial charge in [0, 0.05) is 5.56 Å². The van der Waals surface area contributed by atoms with Gasteiger partial charge in [0.25, 0.3) is 5.91 Å². The zero-order chi connectivity index (χ0) is 22.1. The number of anilines is 1. The lowest BCUT2D eigenvalue weighted by Crippen LogP contribution is -2.31. The fourth-order valence-electron chi connectivity index (χ4n) is 3.56. The molecule has 0 aliphatic heterocycles. The summed E-state index contributed by atoms with van der Waals surface area (Å²) in [4.78, 5) is 20.4. The van der Waals surface area contributed by atoms with E-state index >= 15 is 0 Å². The molecule has 7 heteroatoms. The normalized spacial score (nSPS) is 11.1. The Labute approximate surface area is 193 Å². The molecule has 0 fully saturated rings. The molecule has 0 aliphatic carbocycles. The average Bonchev–Trinajstić information content (AvgIpc) is 3.41. The predicted octanol–water partition coefficient (Wildman–Crippen LogP) is 6.76. The van der Waals surface area contributed by atoms with Crippen LogP contribution >= 0.6 is 22.9 Å². The number of carbonyl (C=O) groups is 1. The molecule has 0 radical (unpaired) electrons. The molecular formula is C25H18ClN3O2S. The van der Waals surface area contributed by atoms with Gasteiger partial charge in [-0.1, -0.05) is 88.8 Å². The van der Waals surface area contributed by atoms with Crippen molar-refractivity contribution in [3.05, 3.63) is 101 Å². The van der Waals surface area contributed by atoms with Gasteiger partial charge in [-0.25, -0.2) is 4.98 Å². The van der Waals surface area contributed by atoms with Crippen molar-refractivity contribution >= 4 is 44.2 Å². The second kappa shape index (κ2) is 8.57. The van der Waals surface area contributed by atoms with Crippen molar-refractivity contribution in [2.45, 2.75) is 13.5 Å². The summed E-state index contributed by atoms with van der Waals surface area (Å²) in [6.45, 7) is 2.10. The van der Waals surface area contributed by atoms with Crippen molar-refractivity contribution in [1.82, 2.24) is 10.1 Å². The van der Waals surface area contributed by atoms with Gasteiger partial charge in [0.2, 0.25) is 0 Å². The lowest BCUT2D eigenvalue weighted by atomic mass is 10.0. The Morgan fingerprint density at radius 1 is 1.00 bits per heavy atom. The molecule has 32 heavy (non-hydrogen) atoms. The van der Waals surface area contributed by atoms with Crippen molar-refractivity contribution in [3.8, 4) is 11.3 Å². The molecule has 0 spiro atoms. The smallest absolute Gasteiger partial charge is 0.266 e. The van der Waals surface area contributed by atoms with Crippen LogP contribution in [0, 0.1) is 6.92 Å². The number of para-hydroxylation sites is 1. The number of halogens is 1. The number of fused-ring (bicyclic) bond motifs is 1. The first-order valence-electron chi connectivity index (χ1n) is 10.0. The van der Waals surface area contributed by atoms with Gasteiger partial charge in [-0.3, -0.25) is 9.69 Å². The van der Waals surface area contributed by atoms with Crippen molar-refractivity contribution in [2.75, 3.05) is 4.90 Å². The molecule has 0 aliphatic rings. The summed E-state index contributed by atoms with van der Waals surface area (Å²) in [5.41, 5.74) is 3.31. The first-order valence-corrected chi connectivity index (χ1v) is 11.2. The van der Waals surface area contributed by atoms with E-state index in [1.807, 2.05) is 72.8 Å². The van der Waals surface area contributed by atoms with Crippen LogP contribution in [0.1, 0.15) is 21.7 Å². The quantitative estimate of drug-likeness (QED) is 0.291. The highest BCUT2D eigenvalue weighted by Gasteiger charge is 2.29. The average molecular weight is 460 g/mol. The molecule has 0 atom stereocenters. The summed E-state index contributed by atoms with van der Waals surface area (Å²) in [5.74, 6) is 0.200. The standard InChI is InChI=1S/C25H18ClN3O2S/c1-16-22(23(28-31-16)18-11-5-6-12-19(18)26)24(30)29(15-17-9-3-2-4-10-17)25-27-20-13-7-8-14-21(20)32-25/h2-14H,15H2,1H3. The van der Waals surface area contributed by atoms with Crippen molar-refractivity contribution in [3.63, 3.8) is 0 Å². The molecule has 5 rings (SSSR count). The summed E-state index contributed by atoms with van der Waals surface area (Å²) in [6.07, 6.45) is 0. The molecule has 0 bridgehead atoms. The van der Waals surface area contributed by atoms with Gasteiger partial charge in [-0.15, -0.1) is 0 Å². The van der Waals surface area contributed by atoms with Gasteiger partial charge in [-0.05, 0) is 30.7 Å². The maximum Gasteiger partial charge on any atom is 0.266 e. The van der Waals surface area contributed by atoms with Crippen LogP contribution in [0.25, 0.3) is 21.5 Å². The van der Waals surface area contributed by atoms with Gasteiger partial charge in [-0.2, -0.15) is 0 Å². The van der Waals surface area contributed by atoms with Gasteiger partial charge >= 0.3 is 0 Å². The van der Waals surface area contributed by atoms with E-state index in [0.29, 0.717) is 39.3 Å². The SMILES string of the molecule is Cc1onc(-c2ccccc2Cl)c1C(=O)N(Cc1ccccc1)c1nc2ccccc2s1. The highest BCUT2D eigenvalue weighted by Crippen LogP contribution is 2.35. The zero-order valence-electron chi connectivity index (χ0n) is 17.2. The van der Waals surface area contributed by atoms with Gasteiger partial charge in [0.15, 0.2) is 5.13 Å². The monoisotopic (exact) mass is 459 g/mol. The molecule has 2 aromatic heterocycles. The number of amides is 1. The number of nitrogens with zero attached hydrogens (tertiary/aromatic N) is 3. The Morgan fingerprint density at radius 3 is 2.50 bits per heavy atom. The number of carbonyl (C=O) groups excluding carboxylic acids is 1. The Morgan fingerprint density at radius 2 is 1.72 bits per heavy atom. The molecule has 1 amide bonds. The predicted molar refractivity (Wildman–Crippen MR) is 128 cm³/mol. The lowest BCUT2D eigenvalue weighted by molar-refractivity contribution is 0.0984. The number of hydrogen-bond acceptors (Lipinski definition) is 5. The van der Waals surface area contributed by atoms with E-state index in [0.717, 1.165) is 15.8 Å². The molecule has 5 nitrogen and oxygen atoms in total. The van der Waals surface area contributed by atoms with Crippen LogP contribution in [-0.4, -0.2) is 16.0 Å². The maximum absolute atomic E-state index is 14.0. The van der Waals surface area contributed by atoms with Gasteiger partial charge in [0.05, 0.1) is 21.8 Å². The third kappa shape index (κ3) is 3.79. The summed E-state index contributed by atoms with van der Waals surface area (Å²) < 4.78 is 6.46. The first-order chi connectivity index (χ1) is 15.6. The second-order valence-electron chi connectivity index (χ2n) is 7.28. The number of rotatable bonds is 5. The molecule has 0 unspecified atom stereocenters. The van der Waals surface area contributed by atoms with Crippen molar-refractivity contribution < 1.29 is 9.32 Å². The van der Waals surface area contributed by atoms with E-state index in [1.54, 1.807) is 17.9 Å². The molecule has 0 N–H and O–H groups in total. The Bertz CT molecular complexity index is 1380. The number of aromatic nitrogens is 2. The highest BCUT2D eigenvalue weighted by atomic mass is 35.5. The zero-order valence-corrected chi connectivity index (χ0v) is 18.7. The van der Waals surface area contributed by atoms with Crippen LogP contribution in [0.4, 0.5) is 5.13 Å². The molecular weight excluding hydrogens is 442 g/mol. The Balaban J connectivity index is 1.63. The summed E-state index contributed by atoms with van der Waals surface area (Å²) in [6, 6.07) is 25.0. The van der Waals surface area contributed by atoms with E-state index in [-0.39, 0.29) is 5.91 Å². The minimum absolute atomic E-state index is 0.235. The van der Waals surface area contributed by atoms with Crippen LogP contribution in [0.15, 0.2) is 83.4 Å². The number of hydrogen-bond donors (Lipinski definition) is 0. The summed E-state index contributed by atoms with van der Waals surface area (Å²) >= 11 is 7.89. The third-order valence-electron chi connectivity index (χ3n) is 5.15. The second-order valence-corrected chi connectivity index (χ2v) is 8.70. The first kappa shape index (κ1) is 20.4. The van der Waals surface area contributed by atoms with Gasteiger partial charge < -0.3 is 4.52 Å². The van der Waals surface area contributed by atoms with E-state index in [9.17, 15) is 4.79 Å². The molecule has 3 aromatic carbocycles. The van der Waals surface area contributed by atoms with Crippen LogP contribution in [0.3, 0.4) is 0 Å². The third-order valence-corrected chi connectivity index (χ3v) is 6.54. The number of benzene rings is 3. The number of thiazole rings is 1. The van der Waals surface area contributed by atoms with E-state index < -0.39 is 0 Å². The fourth-order valence-corrected chi connectivity index (χ4v) is 4.75. The van der Waals surface area contributed by atoms with E-state index in [4.69, 9.17) is 21.1 Å². The van der Waals surface area contributed by atoms with Crippen LogP contribution in [-0.2, 0) is 6.54 Å². The van der Waals surface area contributed by atoms with Crippen molar-refractivity contribution in [2.24, 2.45) is 0 Å². The summed E-state index contributed by atoms with van der Waals surface area (Å²) in [7, 11) is 0. The minimum atomic E-state index is -0.235. The van der Waals surface area contributed by atoms with Crippen molar-refractivity contribution in [1.29, 1.82) is 0 Å². The molecule has 5 aromatic rings. The minimum Gasteiger partial charge on any atom is -0.360 e. The van der Waals surface area contributed by atoms with Crippen LogP contribution in [0.5, 0.6) is 0 Å². The topological polar surface area (TPSA) is 59.2 Å². The van der Waals surface area contributed by atoms with E-state index in [1.165, 1.54) is 11.3 Å². The molecule has 2 heterocycles. The van der Waals surface area contributed by atoms with Gasteiger partial charge in [0.1, 0.15) is 17.0 Å². The Kier molecular flexibility index (Phi) is 5.47. The molecule has 158 valence electrons. The van der Waals surface area contributed by atoms with E-state index in [2.05, 4.69) is 5.16 Å².